The molecule has 0 aliphatic carbocycles. The third kappa shape index (κ3) is 3.01. The van der Waals surface area contributed by atoms with Crippen molar-refractivity contribution in [1.29, 1.82) is 0 Å². The van der Waals surface area contributed by atoms with Crippen LogP contribution >= 0.6 is 0 Å². The first-order valence-electron chi connectivity index (χ1n) is 7.34. The van der Waals surface area contributed by atoms with Gasteiger partial charge < -0.3 is 10.1 Å². The summed E-state index contributed by atoms with van der Waals surface area (Å²) in [4.78, 5) is 12.5. The highest BCUT2D eigenvalue weighted by Gasteiger charge is 2.16. The summed E-state index contributed by atoms with van der Waals surface area (Å²) in [6.07, 6.45) is 0. The molecule has 3 aromatic rings. The molecule has 0 saturated carbocycles. The van der Waals surface area contributed by atoms with E-state index in [0.29, 0.717) is 11.1 Å². The molecule has 2 N–H and O–H groups in total. The van der Waals surface area contributed by atoms with E-state index in [1.54, 1.807) is 25.3 Å². The van der Waals surface area contributed by atoms with Crippen LogP contribution in [0.4, 0.5) is 0 Å². The maximum atomic E-state index is 12.5. The summed E-state index contributed by atoms with van der Waals surface area (Å²) in [6.45, 7) is 3.94. The lowest BCUT2D eigenvalue weighted by Gasteiger charge is -2.18. The number of carbonyl (C=O) groups excluding carboxylic acids is 1. The number of hydrogen-bond donors (Lipinski definition) is 2. The van der Waals surface area contributed by atoms with E-state index in [0.717, 1.165) is 22.4 Å². The van der Waals surface area contributed by atoms with E-state index < -0.39 is 0 Å². The molecule has 0 unspecified atom stereocenters. The van der Waals surface area contributed by atoms with Crippen molar-refractivity contribution < 1.29 is 9.53 Å². The van der Waals surface area contributed by atoms with Gasteiger partial charge in [-0.25, -0.2) is 0 Å². The summed E-state index contributed by atoms with van der Waals surface area (Å²) in [7, 11) is 1.63. The number of benzene rings is 2. The van der Waals surface area contributed by atoms with Gasteiger partial charge in [0.1, 0.15) is 16.8 Å². The highest BCUT2D eigenvalue weighted by molar-refractivity contribution is 5.97. The lowest BCUT2D eigenvalue weighted by molar-refractivity contribution is 0.0939. The molecule has 0 saturated heterocycles. The Morgan fingerprint density at radius 1 is 1.17 bits per heavy atom. The monoisotopic (exact) mass is 310 g/mol. The van der Waals surface area contributed by atoms with Crippen molar-refractivity contribution >= 4 is 16.9 Å². The van der Waals surface area contributed by atoms with E-state index in [4.69, 9.17) is 4.74 Å². The van der Waals surface area contributed by atoms with Crippen molar-refractivity contribution in [1.82, 2.24) is 20.7 Å². The Balaban J connectivity index is 1.83. The molecule has 1 amide bonds. The van der Waals surface area contributed by atoms with Gasteiger partial charge in [0, 0.05) is 11.1 Å². The number of hydrogen-bond acceptors (Lipinski definition) is 4. The minimum Gasteiger partial charge on any atom is -0.496 e. The maximum absolute atomic E-state index is 12.5. The summed E-state index contributed by atoms with van der Waals surface area (Å²) in [6, 6.07) is 11.0. The summed E-state index contributed by atoms with van der Waals surface area (Å²) < 4.78 is 5.38. The first kappa shape index (κ1) is 15.0. The zero-order chi connectivity index (χ0) is 16.4. The van der Waals surface area contributed by atoms with Gasteiger partial charge in [0.15, 0.2) is 0 Å². The molecule has 23 heavy (non-hydrogen) atoms. The third-order valence-electron chi connectivity index (χ3n) is 3.78. The zero-order valence-corrected chi connectivity index (χ0v) is 13.3. The smallest absolute Gasteiger partial charge is 0.251 e. The Morgan fingerprint density at radius 3 is 2.74 bits per heavy atom. The second-order valence-electron chi connectivity index (χ2n) is 5.47. The number of carbonyl (C=O) groups is 1. The van der Waals surface area contributed by atoms with Crippen molar-refractivity contribution in [3.05, 3.63) is 53.1 Å². The third-order valence-corrected chi connectivity index (χ3v) is 3.78. The molecule has 2 aromatic carbocycles. The van der Waals surface area contributed by atoms with E-state index >= 15 is 0 Å². The number of aryl methyl sites for hydroxylation is 1. The van der Waals surface area contributed by atoms with E-state index in [-0.39, 0.29) is 11.9 Å². The molecule has 0 bridgehead atoms. The predicted octanol–water partition coefficient (Wildman–Crippen LogP) is 2.77. The van der Waals surface area contributed by atoms with Gasteiger partial charge in [-0.15, -0.1) is 0 Å². The Kier molecular flexibility index (Phi) is 3.97. The zero-order valence-electron chi connectivity index (χ0n) is 13.3. The van der Waals surface area contributed by atoms with Crippen LogP contribution in [0.15, 0.2) is 36.4 Å². The topological polar surface area (TPSA) is 79.9 Å². The molecule has 1 atom stereocenters. The number of aromatic amines is 1. The Morgan fingerprint density at radius 2 is 1.96 bits per heavy atom. The largest absolute Gasteiger partial charge is 0.496 e. The van der Waals surface area contributed by atoms with Crippen LogP contribution in [0.3, 0.4) is 0 Å². The molecule has 0 fully saturated rings. The van der Waals surface area contributed by atoms with Gasteiger partial charge in [-0.05, 0) is 38.1 Å². The second-order valence-corrected chi connectivity index (χ2v) is 5.47. The van der Waals surface area contributed by atoms with Crippen LogP contribution in [-0.2, 0) is 0 Å². The van der Waals surface area contributed by atoms with Gasteiger partial charge in [-0.3, -0.25) is 4.79 Å². The molecule has 3 rings (SSSR count). The van der Waals surface area contributed by atoms with Gasteiger partial charge in [-0.1, -0.05) is 17.7 Å². The minimum absolute atomic E-state index is 0.161. The second kappa shape index (κ2) is 6.08. The van der Waals surface area contributed by atoms with Gasteiger partial charge in [-0.2, -0.15) is 15.4 Å². The van der Waals surface area contributed by atoms with Gasteiger partial charge >= 0.3 is 0 Å². The number of H-pyrrole nitrogens is 1. The number of methoxy groups -OCH3 is 1. The van der Waals surface area contributed by atoms with Crippen molar-refractivity contribution in [2.24, 2.45) is 0 Å². The van der Waals surface area contributed by atoms with Gasteiger partial charge in [0.25, 0.3) is 5.91 Å². The van der Waals surface area contributed by atoms with E-state index in [1.165, 1.54) is 0 Å². The normalized spacial score (nSPS) is 12.1. The Bertz CT molecular complexity index is 857. The fourth-order valence-corrected chi connectivity index (χ4v) is 2.53. The van der Waals surface area contributed by atoms with E-state index in [1.807, 2.05) is 32.0 Å². The van der Waals surface area contributed by atoms with Crippen LogP contribution in [0.5, 0.6) is 5.75 Å². The average molecular weight is 310 g/mol. The predicted molar refractivity (Wildman–Crippen MR) is 87.5 cm³/mol. The summed E-state index contributed by atoms with van der Waals surface area (Å²) in [5.41, 5.74) is 4.01. The van der Waals surface area contributed by atoms with Crippen LogP contribution in [0.25, 0.3) is 11.0 Å². The van der Waals surface area contributed by atoms with Crippen LogP contribution in [0, 0.1) is 6.92 Å². The molecular formula is C17H18N4O2. The Hall–Kier alpha value is -2.89. The number of ether oxygens (including phenoxy) is 1. The van der Waals surface area contributed by atoms with Crippen LogP contribution in [0.1, 0.15) is 34.5 Å². The van der Waals surface area contributed by atoms with Gasteiger partial charge in [0.2, 0.25) is 0 Å². The minimum atomic E-state index is -0.176. The molecule has 6 nitrogen and oxygen atoms in total. The standard InChI is InChI=1S/C17H18N4O2/c1-10-4-7-16(23-3)13(8-10)11(2)18-17(22)12-5-6-14-15(9-12)20-21-19-14/h4-9,11H,1-3H3,(H,18,22)(H,19,20,21)/t11-/m1/s1. The average Bonchev–Trinajstić information content (AvgIpc) is 3.02. The van der Waals surface area contributed by atoms with Crippen molar-refractivity contribution in [3.63, 3.8) is 0 Å². The number of nitrogens with one attached hydrogen (secondary N) is 2. The first-order chi connectivity index (χ1) is 11.1. The number of fused-ring (bicyclic) bond motifs is 1. The van der Waals surface area contributed by atoms with Crippen LogP contribution < -0.4 is 10.1 Å². The molecule has 6 heteroatoms. The van der Waals surface area contributed by atoms with Crippen molar-refractivity contribution in [3.8, 4) is 5.75 Å². The van der Waals surface area contributed by atoms with Crippen LogP contribution in [-0.4, -0.2) is 28.4 Å². The quantitative estimate of drug-likeness (QED) is 0.776. The van der Waals surface area contributed by atoms with Crippen molar-refractivity contribution in [2.75, 3.05) is 7.11 Å². The van der Waals surface area contributed by atoms with E-state index in [9.17, 15) is 4.79 Å². The molecular weight excluding hydrogens is 292 g/mol. The summed E-state index contributed by atoms with van der Waals surface area (Å²) in [5.74, 6) is 0.598. The molecule has 0 radical (unpaired) electrons. The lowest BCUT2D eigenvalue weighted by Crippen LogP contribution is -2.27. The number of rotatable bonds is 4. The molecule has 0 spiro atoms. The first-order valence-corrected chi connectivity index (χ1v) is 7.34. The molecule has 0 aliphatic heterocycles. The Labute approximate surface area is 133 Å². The molecule has 0 aliphatic rings. The summed E-state index contributed by atoms with van der Waals surface area (Å²) in [5, 5.41) is 13.5. The molecule has 1 aromatic heterocycles. The lowest BCUT2D eigenvalue weighted by atomic mass is 10.0. The summed E-state index contributed by atoms with van der Waals surface area (Å²) >= 11 is 0. The number of aromatic nitrogens is 3. The van der Waals surface area contributed by atoms with Crippen LogP contribution in [0.2, 0.25) is 0 Å². The highest BCUT2D eigenvalue weighted by Crippen LogP contribution is 2.26. The highest BCUT2D eigenvalue weighted by atomic mass is 16.5. The SMILES string of the molecule is COc1ccc(C)cc1[C@@H](C)NC(=O)c1ccc2n[nH]nc2c1. The van der Waals surface area contributed by atoms with E-state index in [2.05, 4.69) is 20.7 Å². The number of nitrogens with zero attached hydrogens (tertiary/aromatic N) is 2. The number of amides is 1. The molecule has 1 heterocycles. The fourth-order valence-electron chi connectivity index (χ4n) is 2.53. The fraction of sp³-hybridized carbons (Fsp3) is 0.235. The maximum Gasteiger partial charge on any atom is 0.251 e. The van der Waals surface area contributed by atoms with Gasteiger partial charge in [0.05, 0.1) is 13.2 Å². The molecule has 118 valence electrons. The van der Waals surface area contributed by atoms with Crippen molar-refractivity contribution in [2.45, 2.75) is 19.9 Å².